The third kappa shape index (κ3) is 3.60. The van der Waals surface area contributed by atoms with Gasteiger partial charge in [0.25, 0.3) is 12.0 Å². The first-order valence-corrected chi connectivity index (χ1v) is 10.5. The van der Waals surface area contributed by atoms with E-state index in [0.29, 0.717) is 30.2 Å². The van der Waals surface area contributed by atoms with E-state index >= 15 is 0 Å². The lowest BCUT2D eigenvalue weighted by molar-refractivity contribution is 0.153. The molecule has 10 heteroatoms. The Morgan fingerprint density at radius 2 is 2.00 bits per heavy atom. The molecule has 0 aliphatic heterocycles. The molecule has 0 radical (unpaired) electrons. The number of hydrogen-bond donors (Lipinski definition) is 1. The molecule has 3 heterocycles. The van der Waals surface area contributed by atoms with Gasteiger partial charge in [-0.05, 0) is 51.2 Å². The van der Waals surface area contributed by atoms with Crippen LogP contribution in [0, 0.1) is 11.7 Å². The van der Waals surface area contributed by atoms with Gasteiger partial charge in [-0.3, -0.25) is 19.0 Å². The van der Waals surface area contributed by atoms with Gasteiger partial charge >= 0.3 is 0 Å². The normalized spacial score (nSPS) is 11.4. The van der Waals surface area contributed by atoms with Gasteiger partial charge in [0.05, 0.1) is 29.6 Å². The molecule has 0 spiro atoms. The summed E-state index contributed by atoms with van der Waals surface area (Å²) in [5.74, 6) is 0.486. The third-order valence-corrected chi connectivity index (χ3v) is 5.50. The van der Waals surface area contributed by atoms with E-state index in [4.69, 9.17) is 17.0 Å². The van der Waals surface area contributed by atoms with Crippen LogP contribution in [0.1, 0.15) is 31.5 Å². The van der Waals surface area contributed by atoms with Gasteiger partial charge in [-0.2, -0.15) is 5.10 Å². The average molecular weight is 458 g/mol. The lowest BCUT2D eigenvalue weighted by atomic mass is 10.1. The Kier molecular flexibility index (Phi) is 5.88. The molecule has 166 valence electrons. The maximum atomic E-state index is 14.1. The number of halogens is 2. The van der Waals surface area contributed by atoms with Crippen molar-refractivity contribution in [3.63, 3.8) is 0 Å². The third-order valence-electron chi connectivity index (χ3n) is 5.21. The number of benzene rings is 1. The predicted octanol–water partition coefficient (Wildman–Crippen LogP) is 4.97. The molecule has 0 atom stereocenters. The second-order valence-corrected chi connectivity index (χ2v) is 7.44. The number of aryl methyl sites for hydroxylation is 1. The van der Waals surface area contributed by atoms with Crippen molar-refractivity contribution in [2.24, 2.45) is 0 Å². The predicted molar refractivity (Wildman–Crippen MR) is 120 cm³/mol. The van der Waals surface area contributed by atoms with Gasteiger partial charge in [0.15, 0.2) is 10.4 Å². The van der Waals surface area contributed by atoms with E-state index in [1.807, 2.05) is 20.8 Å². The highest BCUT2D eigenvalue weighted by Crippen LogP contribution is 2.33. The Bertz CT molecular complexity index is 1420. The number of alkyl halides is 2. The minimum absolute atomic E-state index is 0.0282. The van der Waals surface area contributed by atoms with E-state index in [2.05, 4.69) is 15.1 Å². The van der Waals surface area contributed by atoms with Crippen LogP contribution in [0.4, 0.5) is 8.78 Å². The van der Waals surface area contributed by atoms with Crippen LogP contribution in [-0.2, 0) is 6.54 Å². The quantitative estimate of drug-likeness (QED) is 0.414. The summed E-state index contributed by atoms with van der Waals surface area (Å²) in [5, 5.41) is 4.07. The summed E-state index contributed by atoms with van der Waals surface area (Å²) in [4.78, 5) is 19.9. The van der Waals surface area contributed by atoms with Crippen LogP contribution in [0.25, 0.3) is 28.0 Å². The zero-order valence-electron chi connectivity index (χ0n) is 17.7. The largest absolute Gasteiger partial charge is 0.492 e. The molecule has 0 amide bonds. The molecule has 0 unspecified atom stereocenters. The van der Waals surface area contributed by atoms with Crippen LogP contribution in [0.5, 0.6) is 5.75 Å². The standard InChI is InChI=1S/C22H21F2N5O2S/c1-4-28-12(3)14(11-25-28)15-10-13(19(23)24)18-20(26-15)29(22(32)27-21(18)30)16-8-6-7-9-17(16)31-5-2/h6-11,19H,4-5H2,1-3H3,(H,27,30,32). The van der Waals surface area contributed by atoms with E-state index in [1.54, 1.807) is 35.1 Å². The van der Waals surface area contributed by atoms with Crippen molar-refractivity contribution < 1.29 is 13.5 Å². The molecule has 0 fully saturated rings. The highest BCUT2D eigenvalue weighted by Gasteiger charge is 2.23. The molecule has 0 saturated carbocycles. The van der Waals surface area contributed by atoms with E-state index in [0.717, 1.165) is 5.69 Å². The van der Waals surface area contributed by atoms with E-state index in [9.17, 15) is 13.6 Å². The van der Waals surface area contributed by atoms with E-state index in [1.165, 1.54) is 10.6 Å². The van der Waals surface area contributed by atoms with Gasteiger partial charge in [-0.15, -0.1) is 0 Å². The Morgan fingerprint density at radius 1 is 1.25 bits per heavy atom. The van der Waals surface area contributed by atoms with Gasteiger partial charge < -0.3 is 4.74 Å². The van der Waals surface area contributed by atoms with Crippen LogP contribution in [0.2, 0.25) is 0 Å². The number of aromatic nitrogens is 5. The molecule has 32 heavy (non-hydrogen) atoms. The maximum Gasteiger partial charge on any atom is 0.264 e. The molecule has 4 rings (SSSR count). The first-order valence-electron chi connectivity index (χ1n) is 10.1. The lowest BCUT2D eigenvalue weighted by Gasteiger charge is -2.17. The highest BCUT2D eigenvalue weighted by atomic mass is 32.1. The molecule has 4 aromatic rings. The van der Waals surface area contributed by atoms with Crippen LogP contribution in [-0.4, -0.2) is 30.9 Å². The number of H-pyrrole nitrogens is 1. The van der Waals surface area contributed by atoms with Gasteiger partial charge in [0.2, 0.25) is 0 Å². The maximum absolute atomic E-state index is 14.1. The van der Waals surface area contributed by atoms with Crippen molar-refractivity contribution in [2.45, 2.75) is 33.7 Å². The fourth-order valence-corrected chi connectivity index (χ4v) is 4.00. The first kappa shape index (κ1) is 21.8. The van der Waals surface area contributed by atoms with Gasteiger partial charge in [-0.1, -0.05) is 12.1 Å². The lowest BCUT2D eigenvalue weighted by Crippen LogP contribution is -2.17. The van der Waals surface area contributed by atoms with Crippen molar-refractivity contribution in [2.75, 3.05) is 6.61 Å². The Hall–Kier alpha value is -3.40. The summed E-state index contributed by atoms with van der Waals surface area (Å²) >= 11 is 5.42. The fourth-order valence-electron chi connectivity index (χ4n) is 3.73. The van der Waals surface area contributed by atoms with Crippen LogP contribution >= 0.6 is 12.2 Å². The number of nitrogens with zero attached hydrogens (tertiary/aromatic N) is 4. The molecule has 3 aromatic heterocycles. The number of aromatic amines is 1. The number of pyridine rings is 1. The Labute approximate surface area is 187 Å². The molecule has 0 aliphatic carbocycles. The summed E-state index contributed by atoms with van der Waals surface area (Å²) in [6, 6.07) is 8.27. The van der Waals surface area contributed by atoms with Crippen molar-refractivity contribution in [3.8, 4) is 22.7 Å². The molecule has 1 N–H and O–H groups in total. The number of rotatable bonds is 6. The number of fused-ring (bicyclic) bond motifs is 1. The summed E-state index contributed by atoms with van der Waals surface area (Å²) in [6.07, 6.45) is -1.31. The van der Waals surface area contributed by atoms with Crippen molar-refractivity contribution in [1.82, 2.24) is 24.3 Å². The van der Waals surface area contributed by atoms with Crippen molar-refractivity contribution in [3.05, 3.63) is 62.9 Å². The minimum Gasteiger partial charge on any atom is -0.492 e. The van der Waals surface area contributed by atoms with Crippen LogP contribution in [0.3, 0.4) is 0 Å². The molecule has 0 aliphatic rings. The zero-order valence-corrected chi connectivity index (χ0v) is 18.5. The van der Waals surface area contributed by atoms with Gasteiger partial charge in [-0.25, -0.2) is 13.8 Å². The Balaban J connectivity index is 2.15. The van der Waals surface area contributed by atoms with Crippen LogP contribution in [0.15, 0.2) is 41.3 Å². The van der Waals surface area contributed by atoms with Crippen molar-refractivity contribution in [1.29, 1.82) is 0 Å². The summed E-state index contributed by atoms with van der Waals surface area (Å²) < 4.78 is 37.2. The van der Waals surface area contributed by atoms with E-state index < -0.39 is 17.5 Å². The van der Waals surface area contributed by atoms with E-state index in [-0.39, 0.29) is 21.5 Å². The average Bonchev–Trinajstić information content (AvgIpc) is 3.14. The smallest absolute Gasteiger partial charge is 0.264 e. The number of ether oxygens (including phenoxy) is 1. The molecule has 0 bridgehead atoms. The summed E-state index contributed by atoms with van der Waals surface area (Å²) in [5.41, 5.74) is 1.05. The van der Waals surface area contributed by atoms with Gasteiger partial charge in [0, 0.05) is 23.4 Å². The molecule has 7 nitrogen and oxygen atoms in total. The SMILES string of the molecule is CCOc1ccccc1-n1c(=S)[nH]c(=O)c2c(C(F)F)cc(-c3cnn(CC)c3C)nc21. The topological polar surface area (TPSA) is 77.7 Å². The van der Waals surface area contributed by atoms with Gasteiger partial charge in [0.1, 0.15) is 5.75 Å². The monoisotopic (exact) mass is 457 g/mol. The fraction of sp³-hybridized carbons (Fsp3) is 0.273. The molecular formula is C22H21F2N5O2S. The number of nitrogens with one attached hydrogen (secondary N) is 1. The second kappa shape index (κ2) is 8.62. The Morgan fingerprint density at radius 3 is 2.66 bits per heavy atom. The van der Waals surface area contributed by atoms with Crippen LogP contribution < -0.4 is 10.3 Å². The highest BCUT2D eigenvalue weighted by molar-refractivity contribution is 7.71. The first-order chi connectivity index (χ1) is 15.4. The zero-order chi connectivity index (χ0) is 23.0. The number of para-hydroxylation sites is 2. The molecule has 1 aromatic carbocycles. The number of hydrogen-bond acceptors (Lipinski definition) is 5. The molecular weight excluding hydrogens is 436 g/mol. The minimum atomic E-state index is -2.89. The molecule has 0 saturated heterocycles. The van der Waals surface area contributed by atoms with Crippen molar-refractivity contribution >= 4 is 23.3 Å². The summed E-state index contributed by atoms with van der Waals surface area (Å²) in [6.45, 7) is 6.62. The second-order valence-electron chi connectivity index (χ2n) is 7.05. The summed E-state index contributed by atoms with van der Waals surface area (Å²) in [7, 11) is 0.